The predicted octanol–water partition coefficient (Wildman–Crippen LogP) is 1.95. The molecule has 0 atom stereocenters. The van der Waals surface area contributed by atoms with Gasteiger partial charge >= 0.3 is 0 Å². The number of aryl methyl sites for hydroxylation is 2. The number of carbonyl (C=O) groups excluding carboxylic acids is 2. The summed E-state index contributed by atoms with van der Waals surface area (Å²) in [5.74, 6) is -0.503. The third-order valence-corrected chi connectivity index (χ3v) is 3.43. The zero-order chi connectivity index (χ0) is 16.5. The van der Waals surface area contributed by atoms with E-state index in [9.17, 15) is 9.59 Å². The molecule has 0 aromatic heterocycles. The molecule has 0 saturated heterocycles. The Hall–Kier alpha value is -1.88. The van der Waals surface area contributed by atoms with Gasteiger partial charge in [0.25, 0.3) is 0 Å². The summed E-state index contributed by atoms with van der Waals surface area (Å²) < 4.78 is 0. The lowest BCUT2D eigenvalue weighted by Gasteiger charge is -2.13. The van der Waals surface area contributed by atoms with E-state index in [1.54, 1.807) is 0 Å². The van der Waals surface area contributed by atoms with E-state index in [4.69, 9.17) is 0 Å². The van der Waals surface area contributed by atoms with Crippen LogP contribution in [0.5, 0.6) is 0 Å². The average Bonchev–Trinajstić information content (AvgIpc) is 2.45. The number of nitrogens with one attached hydrogen (secondary N) is 2. The molecule has 0 saturated carbocycles. The quantitative estimate of drug-likeness (QED) is 0.570. The maximum Gasteiger partial charge on any atom is 0.233 e. The lowest BCUT2D eigenvalue weighted by molar-refractivity contribution is -0.126. The maximum atomic E-state index is 12.0. The standard InChI is InChI=1S/C17H27N3O2/c1-5-14-9-6-8-13(2)17(14)19-16(22)12-15(21)18-10-7-11-20(3)4/h6,8-9H,5,7,10-12H2,1-4H3,(H,18,21)(H,19,22). The third kappa shape index (κ3) is 6.26. The van der Waals surface area contributed by atoms with Crippen LogP contribution in [-0.4, -0.2) is 43.9 Å². The Balaban J connectivity index is 2.45. The van der Waals surface area contributed by atoms with Crippen molar-refractivity contribution >= 4 is 17.5 Å². The molecule has 122 valence electrons. The van der Waals surface area contributed by atoms with Crippen LogP contribution in [0.3, 0.4) is 0 Å². The molecule has 0 radical (unpaired) electrons. The maximum absolute atomic E-state index is 12.0. The van der Waals surface area contributed by atoms with Crippen molar-refractivity contribution in [1.82, 2.24) is 10.2 Å². The highest BCUT2D eigenvalue weighted by Gasteiger charge is 2.12. The molecule has 1 rings (SSSR count). The minimum absolute atomic E-state index is 0.139. The van der Waals surface area contributed by atoms with Gasteiger partial charge in [0, 0.05) is 12.2 Å². The van der Waals surface area contributed by atoms with Gasteiger partial charge in [-0.1, -0.05) is 25.1 Å². The SMILES string of the molecule is CCc1cccc(C)c1NC(=O)CC(=O)NCCCN(C)C. The monoisotopic (exact) mass is 305 g/mol. The van der Waals surface area contributed by atoms with E-state index in [0.29, 0.717) is 6.54 Å². The number of hydrogen-bond donors (Lipinski definition) is 2. The van der Waals surface area contributed by atoms with Gasteiger partial charge in [-0.2, -0.15) is 0 Å². The van der Waals surface area contributed by atoms with Crippen molar-refractivity contribution in [3.05, 3.63) is 29.3 Å². The highest BCUT2D eigenvalue weighted by Crippen LogP contribution is 2.21. The summed E-state index contributed by atoms with van der Waals surface area (Å²) >= 11 is 0. The minimum Gasteiger partial charge on any atom is -0.356 e. The lowest BCUT2D eigenvalue weighted by Crippen LogP contribution is -2.30. The molecule has 1 aromatic rings. The molecular weight excluding hydrogens is 278 g/mol. The molecule has 1 aromatic carbocycles. The first kappa shape index (κ1) is 18.2. The van der Waals surface area contributed by atoms with Crippen LogP contribution in [0.2, 0.25) is 0 Å². The van der Waals surface area contributed by atoms with Crippen LogP contribution in [0.4, 0.5) is 5.69 Å². The lowest BCUT2D eigenvalue weighted by atomic mass is 10.1. The molecule has 0 bridgehead atoms. The molecule has 2 N–H and O–H groups in total. The summed E-state index contributed by atoms with van der Waals surface area (Å²) in [4.78, 5) is 25.8. The zero-order valence-corrected chi connectivity index (χ0v) is 14.0. The zero-order valence-electron chi connectivity index (χ0n) is 14.0. The van der Waals surface area contributed by atoms with Crippen LogP contribution >= 0.6 is 0 Å². The Morgan fingerprint density at radius 2 is 1.91 bits per heavy atom. The minimum atomic E-state index is -0.269. The first-order chi connectivity index (χ1) is 10.4. The molecule has 0 spiro atoms. The molecule has 22 heavy (non-hydrogen) atoms. The summed E-state index contributed by atoms with van der Waals surface area (Å²) in [5.41, 5.74) is 2.93. The molecule has 5 heteroatoms. The van der Waals surface area contributed by atoms with Crippen molar-refractivity contribution < 1.29 is 9.59 Å². The van der Waals surface area contributed by atoms with Gasteiger partial charge < -0.3 is 15.5 Å². The second-order valence-corrected chi connectivity index (χ2v) is 5.69. The van der Waals surface area contributed by atoms with Gasteiger partial charge in [-0.3, -0.25) is 9.59 Å². The molecule has 0 aliphatic carbocycles. The number of rotatable bonds is 8. The average molecular weight is 305 g/mol. The Morgan fingerprint density at radius 1 is 1.18 bits per heavy atom. The van der Waals surface area contributed by atoms with E-state index >= 15 is 0 Å². The second-order valence-electron chi connectivity index (χ2n) is 5.69. The number of nitrogens with zero attached hydrogens (tertiary/aromatic N) is 1. The second kappa shape index (κ2) is 9.20. The predicted molar refractivity (Wildman–Crippen MR) is 90.0 cm³/mol. The Kier molecular flexibility index (Phi) is 7.60. The third-order valence-electron chi connectivity index (χ3n) is 3.43. The van der Waals surface area contributed by atoms with Crippen LogP contribution in [0.15, 0.2) is 18.2 Å². The highest BCUT2D eigenvalue weighted by atomic mass is 16.2. The summed E-state index contributed by atoms with van der Waals surface area (Å²) in [5, 5.41) is 5.63. The van der Waals surface area contributed by atoms with E-state index < -0.39 is 0 Å². The van der Waals surface area contributed by atoms with E-state index in [1.807, 2.05) is 46.1 Å². The summed E-state index contributed by atoms with van der Waals surface area (Å²) in [6.07, 6.45) is 1.58. The van der Waals surface area contributed by atoms with E-state index in [0.717, 1.165) is 36.2 Å². The van der Waals surface area contributed by atoms with Gasteiger partial charge in [0.15, 0.2) is 0 Å². The van der Waals surface area contributed by atoms with Gasteiger partial charge in [0.1, 0.15) is 6.42 Å². The fourth-order valence-corrected chi connectivity index (χ4v) is 2.22. The van der Waals surface area contributed by atoms with Crippen molar-refractivity contribution in [3.8, 4) is 0 Å². The Labute approximate surface area is 133 Å². The molecule has 0 aliphatic heterocycles. The largest absolute Gasteiger partial charge is 0.356 e. The Morgan fingerprint density at radius 3 is 2.55 bits per heavy atom. The molecule has 0 aliphatic rings. The van der Waals surface area contributed by atoms with Crippen LogP contribution in [-0.2, 0) is 16.0 Å². The van der Waals surface area contributed by atoms with Gasteiger partial charge in [0.05, 0.1) is 0 Å². The number of benzene rings is 1. The van der Waals surface area contributed by atoms with Crippen LogP contribution in [0, 0.1) is 6.92 Å². The number of hydrogen-bond acceptors (Lipinski definition) is 3. The molecule has 0 heterocycles. The Bertz CT molecular complexity index is 513. The van der Waals surface area contributed by atoms with Gasteiger partial charge in [-0.25, -0.2) is 0 Å². The van der Waals surface area contributed by atoms with Gasteiger partial charge in [-0.05, 0) is 51.5 Å². The molecular formula is C17H27N3O2. The first-order valence-corrected chi connectivity index (χ1v) is 7.73. The van der Waals surface area contributed by atoms with E-state index in [1.165, 1.54) is 0 Å². The van der Waals surface area contributed by atoms with Gasteiger partial charge in [-0.15, -0.1) is 0 Å². The van der Waals surface area contributed by atoms with Crippen LogP contribution in [0.25, 0.3) is 0 Å². The molecule has 0 fully saturated rings. The van der Waals surface area contributed by atoms with Crippen LogP contribution in [0.1, 0.15) is 30.9 Å². The number of para-hydroxylation sites is 1. The fraction of sp³-hybridized carbons (Fsp3) is 0.529. The first-order valence-electron chi connectivity index (χ1n) is 7.73. The number of anilines is 1. The summed E-state index contributed by atoms with van der Waals surface area (Å²) in [6.45, 7) is 5.50. The van der Waals surface area contributed by atoms with Crippen molar-refractivity contribution in [3.63, 3.8) is 0 Å². The molecule has 2 amide bonds. The van der Waals surface area contributed by atoms with Crippen molar-refractivity contribution in [1.29, 1.82) is 0 Å². The van der Waals surface area contributed by atoms with E-state index in [-0.39, 0.29) is 18.2 Å². The van der Waals surface area contributed by atoms with E-state index in [2.05, 4.69) is 15.5 Å². The van der Waals surface area contributed by atoms with Crippen LogP contribution < -0.4 is 10.6 Å². The normalized spacial score (nSPS) is 10.6. The molecule has 0 unspecified atom stereocenters. The fourth-order valence-electron chi connectivity index (χ4n) is 2.22. The summed E-state index contributed by atoms with van der Waals surface area (Å²) in [6, 6.07) is 5.92. The topological polar surface area (TPSA) is 61.4 Å². The summed E-state index contributed by atoms with van der Waals surface area (Å²) in [7, 11) is 3.98. The molecule has 5 nitrogen and oxygen atoms in total. The van der Waals surface area contributed by atoms with Crippen molar-refractivity contribution in [2.75, 3.05) is 32.5 Å². The highest BCUT2D eigenvalue weighted by molar-refractivity contribution is 6.04. The van der Waals surface area contributed by atoms with Crippen molar-refractivity contribution in [2.24, 2.45) is 0 Å². The smallest absolute Gasteiger partial charge is 0.233 e. The van der Waals surface area contributed by atoms with Crippen molar-refractivity contribution in [2.45, 2.75) is 33.1 Å². The van der Waals surface area contributed by atoms with Gasteiger partial charge in [0.2, 0.25) is 11.8 Å². The number of amides is 2. The number of carbonyl (C=O) groups is 2.